The van der Waals surface area contributed by atoms with Gasteiger partial charge in [-0.15, -0.1) is 11.3 Å². The summed E-state index contributed by atoms with van der Waals surface area (Å²) in [6.07, 6.45) is 1.25. The second-order valence-corrected chi connectivity index (χ2v) is 7.14. The van der Waals surface area contributed by atoms with Crippen molar-refractivity contribution in [2.24, 2.45) is 5.92 Å². The molecule has 0 radical (unpaired) electrons. The van der Waals surface area contributed by atoms with E-state index in [2.05, 4.69) is 4.98 Å². The van der Waals surface area contributed by atoms with Crippen LogP contribution in [0.3, 0.4) is 0 Å². The van der Waals surface area contributed by atoms with Crippen LogP contribution >= 0.6 is 11.3 Å². The summed E-state index contributed by atoms with van der Waals surface area (Å²) in [5.41, 5.74) is 2.87. The van der Waals surface area contributed by atoms with Crippen molar-refractivity contribution in [3.8, 4) is 17.0 Å². The van der Waals surface area contributed by atoms with Gasteiger partial charge in [-0.2, -0.15) is 0 Å². The first-order valence-corrected chi connectivity index (χ1v) is 9.09. The molecule has 5 heteroatoms. The average Bonchev–Trinajstić information content (AvgIpc) is 2.98. The van der Waals surface area contributed by atoms with E-state index >= 15 is 0 Å². The van der Waals surface area contributed by atoms with Gasteiger partial charge in [-0.25, -0.2) is 4.98 Å². The largest absolute Gasteiger partial charge is 0.493 e. The summed E-state index contributed by atoms with van der Waals surface area (Å²) in [6.45, 7) is 7.08. The normalized spacial score (nSPS) is 11.0. The molecule has 0 saturated carbocycles. The molecule has 4 nitrogen and oxygen atoms in total. The Morgan fingerprint density at radius 2 is 2.08 bits per heavy atom. The summed E-state index contributed by atoms with van der Waals surface area (Å²) < 4.78 is 11.0. The van der Waals surface area contributed by atoms with Crippen molar-refractivity contribution in [3.05, 3.63) is 34.2 Å². The second-order valence-electron chi connectivity index (χ2n) is 6.07. The van der Waals surface area contributed by atoms with Crippen LogP contribution in [0.5, 0.6) is 5.75 Å². The molecule has 0 N–H and O–H groups in total. The lowest BCUT2D eigenvalue weighted by atomic mass is 9.99. The number of benzene rings is 1. The molecule has 0 aliphatic heterocycles. The number of rotatable bonds is 9. The third-order valence-corrected chi connectivity index (χ3v) is 4.49. The number of carbonyl (C=O) groups excluding carboxylic acids is 1. The number of hydrogen-bond donors (Lipinski definition) is 0. The number of ketones is 1. The number of nitrogens with zero attached hydrogens (tertiary/aromatic N) is 1. The van der Waals surface area contributed by atoms with Gasteiger partial charge < -0.3 is 9.47 Å². The van der Waals surface area contributed by atoms with Gasteiger partial charge in [0.05, 0.1) is 17.3 Å². The lowest BCUT2D eigenvalue weighted by Crippen LogP contribution is -2.10. The molecule has 0 spiro atoms. The smallest absolute Gasteiger partial charge is 0.139 e. The molecule has 0 amide bonds. The molecular formula is C19H25NO3S. The average molecular weight is 347 g/mol. The van der Waals surface area contributed by atoms with E-state index in [0.717, 1.165) is 34.0 Å². The summed E-state index contributed by atoms with van der Waals surface area (Å²) in [4.78, 5) is 16.6. The van der Waals surface area contributed by atoms with Gasteiger partial charge in [-0.05, 0) is 24.6 Å². The first-order chi connectivity index (χ1) is 11.5. The quantitative estimate of drug-likeness (QED) is 0.635. The third-order valence-electron chi connectivity index (χ3n) is 3.71. The molecule has 0 atom stereocenters. The summed E-state index contributed by atoms with van der Waals surface area (Å²) >= 11 is 1.62. The highest BCUT2D eigenvalue weighted by molar-refractivity contribution is 7.09. The van der Waals surface area contributed by atoms with Gasteiger partial charge in [0, 0.05) is 43.4 Å². The highest BCUT2D eigenvalue weighted by Crippen LogP contribution is 2.32. The minimum atomic E-state index is 0.0388. The maximum atomic E-state index is 12.0. The van der Waals surface area contributed by atoms with Crippen LogP contribution in [0.4, 0.5) is 0 Å². The highest BCUT2D eigenvalue weighted by atomic mass is 32.1. The monoisotopic (exact) mass is 347 g/mol. The molecule has 0 fully saturated rings. The van der Waals surface area contributed by atoms with Gasteiger partial charge in [0.2, 0.25) is 0 Å². The van der Waals surface area contributed by atoms with E-state index in [-0.39, 0.29) is 11.7 Å². The highest BCUT2D eigenvalue weighted by Gasteiger charge is 2.14. The van der Waals surface area contributed by atoms with Crippen molar-refractivity contribution < 1.29 is 14.3 Å². The minimum Gasteiger partial charge on any atom is -0.493 e. The molecular weight excluding hydrogens is 322 g/mol. The standard InChI is InChI=1S/C19H25NO3S/c1-13(2)18(21)10-15-6-7-16(17-12-24-14(3)20-17)19(11-15)23-9-5-8-22-4/h6-7,11-13H,5,8-10H2,1-4H3. The zero-order valence-corrected chi connectivity index (χ0v) is 15.6. The Morgan fingerprint density at radius 1 is 1.29 bits per heavy atom. The van der Waals surface area contributed by atoms with Gasteiger partial charge in [-0.1, -0.05) is 19.9 Å². The number of methoxy groups -OCH3 is 1. The molecule has 0 unspecified atom stereocenters. The predicted molar refractivity (Wildman–Crippen MR) is 97.8 cm³/mol. The van der Waals surface area contributed by atoms with Crippen molar-refractivity contribution in [3.63, 3.8) is 0 Å². The number of ether oxygens (including phenoxy) is 2. The van der Waals surface area contributed by atoms with Crippen LogP contribution in [-0.2, 0) is 16.0 Å². The third kappa shape index (κ3) is 5.14. The Balaban J connectivity index is 2.23. The van der Waals surface area contributed by atoms with Crippen LogP contribution in [0.15, 0.2) is 23.6 Å². The number of aryl methyl sites for hydroxylation is 1. The van der Waals surface area contributed by atoms with Crippen molar-refractivity contribution in [1.29, 1.82) is 0 Å². The Morgan fingerprint density at radius 3 is 2.71 bits per heavy atom. The number of hydrogen-bond acceptors (Lipinski definition) is 5. The summed E-state index contributed by atoms with van der Waals surface area (Å²) in [5, 5.41) is 3.06. The van der Waals surface area contributed by atoms with E-state index in [1.807, 2.05) is 44.4 Å². The lowest BCUT2D eigenvalue weighted by molar-refractivity contribution is -0.121. The number of Topliss-reactive ketones (excluding diaryl/α,β-unsaturated/α-hetero) is 1. The minimum absolute atomic E-state index is 0.0388. The van der Waals surface area contributed by atoms with E-state index in [1.165, 1.54) is 0 Å². The van der Waals surface area contributed by atoms with E-state index in [0.29, 0.717) is 19.6 Å². The van der Waals surface area contributed by atoms with E-state index < -0.39 is 0 Å². The van der Waals surface area contributed by atoms with Gasteiger partial charge >= 0.3 is 0 Å². The molecule has 24 heavy (non-hydrogen) atoms. The maximum Gasteiger partial charge on any atom is 0.139 e. The lowest BCUT2D eigenvalue weighted by Gasteiger charge is -2.13. The molecule has 2 aromatic rings. The fourth-order valence-corrected chi connectivity index (χ4v) is 2.90. The van der Waals surface area contributed by atoms with Crippen LogP contribution in [0.1, 0.15) is 30.8 Å². The number of thiazole rings is 1. The fraction of sp³-hybridized carbons (Fsp3) is 0.474. The van der Waals surface area contributed by atoms with Crippen LogP contribution in [-0.4, -0.2) is 31.1 Å². The van der Waals surface area contributed by atoms with Gasteiger partial charge in [0.1, 0.15) is 11.5 Å². The molecule has 130 valence electrons. The Kier molecular flexibility index (Phi) is 6.94. The van der Waals surface area contributed by atoms with Crippen LogP contribution in [0, 0.1) is 12.8 Å². The van der Waals surface area contributed by atoms with Gasteiger partial charge in [0.25, 0.3) is 0 Å². The zero-order valence-electron chi connectivity index (χ0n) is 14.8. The molecule has 1 heterocycles. The van der Waals surface area contributed by atoms with Crippen LogP contribution in [0.25, 0.3) is 11.3 Å². The molecule has 0 bridgehead atoms. The van der Waals surface area contributed by atoms with Crippen molar-refractivity contribution in [2.75, 3.05) is 20.3 Å². The van der Waals surface area contributed by atoms with Crippen LogP contribution < -0.4 is 4.74 Å². The predicted octanol–water partition coefficient (Wildman–Crippen LogP) is 4.30. The van der Waals surface area contributed by atoms with E-state index in [1.54, 1.807) is 18.4 Å². The summed E-state index contributed by atoms with van der Waals surface area (Å²) in [5.74, 6) is 1.06. The van der Waals surface area contributed by atoms with Crippen molar-refractivity contribution in [2.45, 2.75) is 33.6 Å². The Bertz CT molecular complexity index is 679. The maximum absolute atomic E-state index is 12.0. The fourth-order valence-electron chi connectivity index (χ4n) is 2.29. The molecule has 1 aromatic heterocycles. The SMILES string of the molecule is COCCCOc1cc(CC(=O)C(C)C)ccc1-c1csc(C)n1. The number of carbonyl (C=O) groups is 1. The van der Waals surface area contributed by atoms with Crippen molar-refractivity contribution in [1.82, 2.24) is 4.98 Å². The first kappa shape index (κ1) is 18.6. The van der Waals surface area contributed by atoms with Gasteiger partial charge in [-0.3, -0.25) is 4.79 Å². The number of aromatic nitrogens is 1. The summed E-state index contributed by atoms with van der Waals surface area (Å²) in [7, 11) is 1.68. The molecule has 2 rings (SSSR count). The molecule has 0 aliphatic carbocycles. The van der Waals surface area contributed by atoms with Crippen molar-refractivity contribution >= 4 is 17.1 Å². The molecule has 0 aliphatic rings. The second kappa shape index (κ2) is 8.94. The summed E-state index contributed by atoms with van der Waals surface area (Å²) in [6, 6.07) is 5.96. The van der Waals surface area contributed by atoms with E-state index in [4.69, 9.17) is 9.47 Å². The Hall–Kier alpha value is -1.72. The molecule has 1 aromatic carbocycles. The zero-order chi connectivity index (χ0) is 17.5. The topological polar surface area (TPSA) is 48.4 Å². The van der Waals surface area contributed by atoms with Crippen LogP contribution in [0.2, 0.25) is 0 Å². The first-order valence-electron chi connectivity index (χ1n) is 8.21. The van der Waals surface area contributed by atoms with E-state index in [9.17, 15) is 4.79 Å². The Labute approximate surface area is 147 Å². The van der Waals surface area contributed by atoms with Gasteiger partial charge in [0.15, 0.2) is 0 Å². The molecule has 0 saturated heterocycles.